The highest BCUT2D eigenvalue weighted by Gasteiger charge is 2.21. The highest BCUT2D eigenvalue weighted by Crippen LogP contribution is 2.20. The van der Waals surface area contributed by atoms with E-state index >= 15 is 0 Å². The van der Waals surface area contributed by atoms with Gasteiger partial charge in [-0.2, -0.15) is 0 Å². The van der Waals surface area contributed by atoms with Crippen LogP contribution in [0.1, 0.15) is 5.56 Å². The Hall–Kier alpha value is -3.07. The molecule has 9 heteroatoms. The normalized spacial score (nSPS) is 11.3. The molecule has 3 aromatic rings. The van der Waals surface area contributed by atoms with Gasteiger partial charge in [0.1, 0.15) is 11.6 Å². The number of carbonyl (C=O) groups excluding carboxylic acids is 1. The third kappa shape index (κ3) is 4.12. The molecule has 0 saturated heterocycles. The Morgan fingerprint density at radius 3 is 2.38 bits per heavy atom. The van der Waals surface area contributed by atoms with Crippen LogP contribution < -0.4 is 5.32 Å². The van der Waals surface area contributed by atoms with Crippen LogP contribution in [0.25, 0.3) is 11.5 Å². The second kappa shape index (κ2) is 7.04. The van der Waals surface area contributed by atoms with Crippen LogP contribution in [0.15, 0.2) is 57.8 Å². The molecule has 0 unspecified atom stereocenters. The number of aromatic nitrogens is 2. The largest absolute Gasteiger partial charge is 0.403 e. The fourth-order valence-corrected chi connectivity index (χ4v) is 3.27. The number of hydrogen-bond acceptors (Lipinski definition) is 6. The van der Waals surface area contributed by atoms with Crippen molar-refractivity contribution in [2.75, 3.05) is 11.1 Å². The third-order valence-electron chi connectivity index (χ3n) is 3.46. The van der Waals surface area contributed by atoms with Gasteiger partial charge in [-0.05, 0) is 43.3 Å². The van der Waals surface area contributed by atoms with Crippen LogP contribution in [-0.2, 0) is 14.6 Å². The Morgan fingerprint density at radius 1 is 1.08 bits per heavy atom. The van der Waals surface area contributed by atoms with E-state index in [0.29, 0.717) is 5.56 Å². The average molecular weight is 375 g/mol. The van der Waals surface area contributed by atoms with E-state index in [9.17, 15) is 17.6 Å². The van der Waals surface area contributed by atoms with Crippen molar-refractivity contribution in [1.82, 2.24) is 10.2 Å². The summed E-state index contributed by atoms with van der Waals surface area (Å²) in [5, 5.41) is 9.61. The Balaban J connectivity index is 1.68. The molecular formula is C17H14FN3O4S. The summed E-state index contributed by atoms with van der Waals surface area (Å²) in [6.45, 7) is 1.83. The maximum atomic E-state index is 12.9. The van der Waals surface area contributed by atoms with Crippen molar-refractivity contribution in [3.05, 3.63) is 59.9 Å². The van der Waals surface area contributed by atoms with E-state index in [1.54, 1.807) is 12.1 Å². The lowest BCUT2D eigenvalue weighted by Gasteiger charge is -2.04. The van der Waals surface area contributed by atoms with Gasteiger partial charge in [-0.25, -0.2) is 12.8 Å². The SMILES string of the molecule is Cc1ccc(S(=O)(=O)CC(=O)Nc2nnc(-c3ccc(F)cc3)o2)cc1. The number of carbonyl (C=O) groups is 1. The molecule has 26 heavy (non-hydrogen) atoms. The Bertz CT molecular complexity index is 1030. The van der Waals surface area contributed by atoms with Gasteiger partial charge in [-0.1, -0.05) is 22.8 Å². The van der Waals surface area contributed by atoms with Crippen molar-refractivity contribution in [3.8, 4) is 11.5 Å². The summed E-state index contributed by atoms with van der Waals surface area (Å²) in [6, 6.07) is 11.3. The number of hydrogen-bond donors (Lipinski definition) is 1. The first-order valence-electron chi connectivity index (χ1n) is 7.52. The molecule has 0 bridgehead atoms. The summed E-state index contributed by atoms with van der Waals surface area (Å²) in [5.74, 6) is -1.91. The fraction of sp³-hybridized carbons (Fsp3) is 0.118. The van der Waals surface area contributed by atoms with Gasteiger partial charge in [-0.3, -0.25) is 10.1 Å². The number of sulfone groups is 1. The van der Waals surface area contributed by atoms with Gasteiger partial charge < -0.3 is 4.42 Å². The maximum absolute atomic E-state index is 12.9. The van der Waals surface area contributed by atoms with Crippen LogP contribution >= 0.6 is 0 Å². The van der Waals surface area contributed by atoms with Crippen molar-refractivity contribution in [1.29, 1.82) is 0 Å². The molecule has 0 fully saturated rings. The summed E-state index contributed by atoms with van der Waals surface area (Å²) in [6.07, 6.45) is 0. The predicted molar refractivity (Wildman–Crippen MR) is 91.6 cm³/mol. The molecule has 0 aliphatic carbocycles. The Labute approximate surface area is 148 Å². The van der Waals surface area contributed by atoms with Crippen molar-refractivity contribution >= 4 is 21.8 Å². The van der Waals surface area contributed by atoms with E-state index in [2.05, 4.69) is 15.5 Å². The lowest BCUT2D eigenvalue weighted by Crippen LogP contribution is -2.23. The van der Waals surface area contributed by atoms with E-state index in [4.69, 9.17) is 4.42 Å². The van der Waals surface area contributed by atoms with Crippen LogP contribution in [0.4, 0.5) is 10.4 Å². The van der Waals surface area contributed by atoms with Crippen molar-refractivity contribution in [2.24, 2.45) is 0 Å². The van der Waals surface area contributed by atoms with Gasteiger partial charge in [0.05, 0.1) is 4.90 Å². The van der Waals surface area contributed by atoms with Gasteiger partial charge in [0.2, 0.25) is 11.8 Å². The molecule has 0 radical (unpaired) electrons. The number of anilines is 1. The van der Waals surface area contributed by atoms with Crippen LogP contribution in [0.3, 0.4) is 0 Å². The average Bonchev–Trinajstić information content (AvgIpc) is 3.03. The minimum atomic E-state index is -3.79. The zero-order chi connectivity index (χ0) is 18.7. The molecule has 7 nitrogen and oxygen atoms in total. The van der Waals surface area contributed by atoms with Crippen LogP contribution in [0.5, 0.6) is 0 Å². The zero-order valence-corrected chi connectivity index (χ0v) is 14.5. The topological polar surface area (TPSA) is 102 Å². The monoisotopic (exact) mass is 375 g/mol. The van der Waals surface area contributed by atoms with Gasteiger partial charge in [0.15, 0.2) is 9.84 Å². The van der Waals surface area contributed by atoms with E-state index < -0.39 is 27.3 Å². The summed E-state index contributed by atoms with van der Waals surface area (Å²) in [4.78, 5) is 12.0. The lowest BCUT2D eigenvalue weighted by atomic mass is 10.2. The van der Waals surface area contributed by atoms with Gasteiger partial charge >= 0.3 is 6.01 Å². The highest BCUT2D eigenvalue weighted by molar-refractivity contribution is 7.92. The Morgan fingerprint density at radius 2 is 1.73 bits per heavy atom. The molecule has 3 rings (SSSR count). The number of benzene rings is 2. The molecule has 0 aliphatic heterocycles. The number of amides is 1. The molecule has 1 heterocycles. The van der Waals surface area contributed by atoms with Crippen LogP contribution in [-0.4, -0.2) is 30.3 Å². The second-order valence-electron chi connectivity index (χ2n) is 5.54. The molecule has 0 aliphatic rings. The van der Waals surface area contributed by atoms with Crippen LogP contribution in [0, 0.1) is 12.7 Å². The van der Waals surface area contributed by atoms with Gasteiger partial charge in [0.25, 0.3) is 0 Å². The first kappa shape index (κ1) is 17.7. The van der Waals surface area contributed by atoms with Crippen LogP contribution in [0.2, 0.25) is 0 Å². The van der Waals surface area contributed by atoms with E-state index in [0.717, 1.165) is 5.56 Å². The minimum Gasteiger partial charge on any atom is -0.403 e. The minimum absolute atomic E-state index is 0.0516. The second-order valence-corrected chi connectivity index (χ2v) is 7.53. The quantitative estimate of drug-likeness (QED) is 0.735. The first-order chi connectivity index (χ1) is 12.3. The summed E-state index contributed by atoms with van der Waals surface area (Å²) >= 11 is 0. The molecular weight excluding hydrogens is 361 g/mol. The van der Waals surface area contributed by atoms with Crippen molar-refractivity contribution < 1.29 is 22.0 Å². The molecule has 0 spiro atoms. The molecule has 2 aromatic carbocycles. The highest BCUT2D eigenvalue weighted by atomic mass is 32.2. The lowest BCUT2D eigenvalue weighted by molar-refractivity contribution is -0.114. The molecule has 0 saturated carbocycles. The Kier molecular flexibility index (Phi) is 4.81. The molecule has 1 N–H and O–H groups in total. The molecule has 0 atom stereocenters. The smallest absolute Gasteiger partial charge is 0.322 e. The zero-order valence-electron chi connectivity index (χ0n) is 13.6. The number of rotatable bonds is 5. The number of aryl methyl sites for hydroxylation is 1. The fourth-order valence-electron chi connectivity index (χ4n) is 2.14. The van der Waals surface area contributed by atoms with Gasteiger partial charge in [0, 0.05) is 5.56 Å². The summed E-state index contributed by atoms with van der Waals surface area (Å²) in [5.41, 5.74) is 1.37. The van der Waals surface area contributed by atoms with E-state index in [-0.39, 0.29) is 16.8 Å². The van der Waals surface area contributed by atoms with Crippen molar-refractivity contribution in [3.63, 3.8) is 0 Å². The number of halogens is 1. The molecule has 134 valence electrons. The molecule has 1 amide bonds. The summed E-state index contributed by atoms with van der Waals surface area (Å²) in [7, 11) is -3.79. The first-order valence-corrected chi connectivity index (χ1v) is 9.17. The standard InChI is InChI=1S/C17H14FN3O4S/c1-11-2-8-14(9-3-11)26(23,24)10-15(22)19-17-21-20-16(25-17)12-4-6-13(18)7-5-12/h2-9H,10H2,1H3,(H,19,21,22). The van der Waals surface area contributed by atoms with E-state index in [1.165, 1.54) is 36.4 Å². The number of nitrogens with one attached hydrogen (secondary N) is 1. The van der Waals surface area contributed by atoms with Crippen molar-refractivity contribution in [2.45, 2.75) is 11.8 Å². The van der Waals surface area contributed by atoms with Gasteiger partial charge in [-0.15, -0.1) is 5.10 Å². The molecule has 1 aromatic heterocycles. The predicted octanol–water partition coefficient (Wildman–Crippen LogP) is 2.60. The third-order valence-corrected chi connectivity index (χ3v) is 5.10. The maximum Gasteiger partial charge on any atom is 0.322 e. The van der Waals surface area contributed by atoms with E-state index in [1.807, 2.05) is 6.92 Å². The summed E-state index contributed by atoms with van der Waals surface area (Å²) < 4.78 is 42.6. The number of nitrogens with zero attached hydrogens (tertiary/aromatic N) is 2.